The number of benzene rings is 1. The number of carboxylic acid groups (broad SMARTS) is 1. The van der Waals surface area contributed by atoms with Crippen molar-refractivity contribution in [3.05, 3.63) is 29.8 Å². The molecule has 0 saturated carbocycles. The predicted molar refractivity (Wildman–Crippen MR) is 57.4 cm³/mol. The number of amides is 1. The maximum atomic E-state index is 10.8. The van der Waals surface area contributed by atoms with Gasteiger partial charge in [0.1, 0.15) is 0 Å². The minimum Gasteiger partial charge on any atom is -0.464 e. The lowest BCUT2D eigenvalue weighted by Crippen LogP contribution is -2.21. The SMILES string of the molecule is CCN(Sc1ccccc1C)C(=O)O. The van der Waals surface area contributed by atoms with Crippen LogP contribution in [0.5, 0.6) is 0 Å². The van der Waals surface area contributed by atoms with Gasteiger partial charge in [0.2, 0.25) is 0 Å². The van der Waals surface area contributed by atoms with Crippen LogP contribution in [0.1, 0.15) is 12.5 Å². The highest BCUT2D eigenvalue weighted by molar-refractivity contribution is 7.97. The summed E-state index contributed by atoms with van der Waals surface area (Å²) in [7, 11) is 0. The smallest absolute Gasteiger partial charge is 0.417 e. The first-order valence-corrected chi connectivity index (χ1v) is 5.16. The summed E-state index contributed by atoms with van der Waals surface area (Å²) in [5.41, 5.74) is 1.09. The Bertz CT molecular complexity index is 328. The third-order valence-corrected chi connectivity index (χ3v) is 3.09. The van der Waals surface area contributed by atoms with E-state index in [9.17, 15) is 4.79 Å². The molecule has 3 nitrogen and oxygen atoms in total. The van der Waals surface area contributed by atoms with Crippen molar-refractivity contribution in [3.63, 3.8) is 0 Å². The van der Waals surface area contributed by atoms with Crippen molar-refractivity contribution in [2.75, 3.05) is 6.54 Å². The predicted octanol–water partition coefficient (Wildman–Crippen LogP) is 3.00. The van der Waals surface area contributed by atoms with E-state index in [0.29, 0.717) is 6.54 Å². The zero-order valence-electron chi connectivity index (χ0n) is 8.23. The number of hydrogen-bond donors (Lipinski definition) is 1. The highest BCUT2D eigenvalue weighted by Crippen LogP contribution is 2.25. The van der Waals surface area contributed by atoms with E-state index < -0.39 is 6.09 Å². The summed E-state index contributed by atoms with van der Waals surface area (Å²) in [6, 6.07) is 7.74. The first-order valence-electron chi connectivity index (χ1n) is 4.39. The van der Waals surface area contributed by atoms with Gasteiger partial charge in [-0.3, -0.25) is 0 Å². The number of rotatable bonds is 3. The van der Waals surface area contributed by atoms with Crippen LogP contribution in [0.4, 0.5) is 4.79 Å². The van der Waals surface area contributed by atoms with Crippen LogP contribution in [-0.2, 0) is 0 Å². The third kappa shape index (κ3) is 2.67. The molecule has 14 heavy (non-hydrogen) atoms. The summed E-state index contributed by atoms with van der Waals surface area (Å²) in [5, 5.41) is 8.83. The van der Waals surface area contributed by atoms with Crippen molar-refractivity contribution in [1.29, 1.82) is 0 Å². The molecule has 0 aliphatic rings. The molecule has 0 spiro atoms. The zero-order chi connectivity index (χ0) is 10.6. The monoisotopic (exact) mass is 211 g/mol. The molecule has 1 rings (SSSR count). The van der Waals surface area contributed by atoms with E-state index in [2.05, 4.69) is 0 Å². The number of carbonyl (C=O) groups is 1. The van der Waals surface area contributed by atoms with Crippen LogP contribution in [0.2, 0.25) is 0 Å². The van der Waals surface area contributed by atoms with Crippen LogP contribution in [0.3, 0.4) is 0 Å². The Morgan fingerprint density at radius 2 is 2.14 bits per heavy atom. The van der Waals surface area contributed by atoms with Gasteiger partial charge < -0.3 is 5.11 Å². The molecule has 0 fully saturated rings. The number of hydrogen-bond acceptors (Lipinski definition) is 2. The van der Waals surface area contributed by atoms with Gasteiger partial charge in [-0.1, -0.05) is 18.2 Å². The molecule has 4 heteroatoms. The molecule has 0 aliphatic heterocycles. The molecule has 0 radical (unpaired) electrons. The first-order chi connectivity index (χ1) is 6.65. The van der Waals surface area contributed by atoms with Crippen molar-refractivity contribution < 1.29 is 9.90 Å². The van der Waals surface area contributed by atoms with Gasteiger partial charge in [-0.05, 0) is 37.4 Å². The summed E-state index contributed by atoms with van der Waals surface area (Å²) >= 11 is 1.26. The van der Waals surface area contributed by atoms with Crippen LogP contribution in [-0.4, -0.2) is 22.0 Å². The molecule has 0 saturated heterocycles. The second-order valence-electron chi connectivity index (χ2n) is 2.83. The average molecular weight is 211 g/mol. The molecule has 1 N–H and O–H groups in total. The van der Waals surface area contributed by atoms with Gasteiger partial charge >= 0.3 is 6.09 Å². The normalized spacial score (nSPS) is 9.86. The Balaban J connectivity index is 2.77. The molecular formula is C10H13NO2S. The molecular weight excluding hydrogens is 198 g/mol. The lowest BCUT2D eigenvalue weighted by atomic mass is 10.2. The minimum absolute atomic E-state index is 0.480. The van der Waals surface area contributed by atoms with Crippen LogP contribution in [0.25, 0.3) is 0 Å². The van der Waals surface area contributed by atoms with Crippen molar-refractivity contribution >= 4 is 18.0 Å². The molecule has 0 unspecified atom stereocenters. The Hall–Kier alpha value is -1.16. The maximum Gasteiger partial charge on any atom is 0.417 e. The largest absolute Gasteiger partial charge is 0.464 e. The number of aryl methyl sites for hydroxylation is 1. The quantitative estimate of drug-likeness (QED) is 0.781. The summed E-state index contributed by atoms with van der Waals surface area (Å²) in [5.74, 6) is 0. The Labute approximate surface area is 87.9 Å². The highest BCUT2D eigenvalue weighted by atomic mass is 32.2. The molecule has 0 atom stereocenters. The fourth-order valence-corrected chi connectivity index (χ4v) is 1.81. The van der Waals surface area contributed by atoms with Crippen molar-refractivity contribution in [2.24, 2.45) is 0 Å². The van der Waals surface area contributed by atoms with E-state index in [1.54, 1.807) is 0 Å². The van der Waals surface area contributed by atoms with Crippen LogP contribution >= 0.6 is 11.9 Å². The molecule has 0 heterocycles. The molecule has 0 aliphatic carbocycles. The Kier molecular flexibility index (Phi) is 3.83. The Morgan fingerprint density at radius 1 is 1.50 bits per heavy atom. The second-order valence-corrected chi connectivity index (χ2v) is 3.90. The van der Waals surface area contributed by atoms with Crippen molar-refractivity contribution in [3.8, 4) is 0 Å². The van der Waals surface area contributed by atoms with Gasteiger partial charge in [-0.25, -0.2) is 9.10 Å². The summed E-state index contributed by atoms with van der Waals surface area (Å²) < 4.78 is 1.31. The van der Waals surface area contributed by atoms with E-state index in [4.69, 9.17) is 5.11 Å². The third-order valence-electron chi connectivity index (χ3n) is 1.80. The van der Waals surface area contributed by atoms with E-state index in [-0.39, 0.29) is 0 Å². The number of nitrogens with zero attached hydrogens (tertiary/aromatic N) is 1. The summed E-state index contributed by atoms with van der Waals surface area (Å²) in [4.78, 5) is 11.7. The van der Waals surface area contributed by atoms with Gasteiger partial charge in [0.25, 0.3) is 0 Å². The van der Waals surface area contributed by atoms with Crippen molar-refractivity contribution in [2.45, 2.75) is 18.7 Å². The van der Waals surface area contributed by atoms with E-state index in [0.717, 1.165) is 10.5 Å². The van der Waals surface area contributed by atoms with Crippen LogP contribution in [0, 0.1) is 6.92 Å². The zero-order valence-corrected chi connectivity index (χ0v) is 9.04. The lowest BCUT2D eigenvalue weighted by molar-refractivity contribution is 0.176. The van der Waals surface area contributed by atoms with E-state index in [1.807, 2.05) is 38.1 Å². The molecule has 1 amide bonds. The molecule has 0 bridgehead atoms. The van der Waals surface area contributed by atoms with E-state index in [1.165, 1.54) is 16.3 Å². The van der Waals surface area contributed by atoms with Crippen molar-refractivity contribution in [1.82, 2.24) is 4.31 Å². The van der Waals surface area contributed by atoms with Gasteiger partial charge in [0, 0.05) is 11.4 Å². The van der Waals surface area contributed by atoms with Gasteiger partial charge in [-0.15, -0.1) is 0 Å². The van der Waals surface area contributed by atoms with E-state index >= 15 is 0 Å². The lowest BCUT2D eigenvalue weighted by Gasteiger charge is -2.16. The molecule has 1 aromatic rings. The van der Waals surface area contributed by atoms with Gasteiger partial charge in [0.05, 0.1) is 0 Å². The minimum atomic E-state index is -0.902. The fraction of sp³-hybridized carbons (Fsp3) is 0.300. The summed E-state index contributed by atoms with van der Waals surface area (Å²) in [6.07, 6.45) is -0.902. The molecule has 0 aromatic heterocycles. The average Bonchev–Trinajstić information content (AvgIpc) is 2.16. The van der Waals surface area contributed by atoms with Crippen LogP contribution in [0.15, 0.2) is 29.2 Å². The molecule has 76 valence electrons. The standard InChI is InChI=1S/C10H13NO2S/c1-3-11(10(12)13)14-9-7-5-4-6-8(9)2/h4-7H,3H2,1-2H3,(H,12,13). The first kappa shape index (κ1) is 10.9. The summed E-state index contributed by atoms with van der Waals surface area (Å²) in [6.45, 7) is 4.27. The van der Waals surface area contributed by atoms with Gasteiger partial charge in [-0.2, -0.15) is 0 Å². The fourth-order valence-electron chi connectivity index (χ4n) is 1.02. The highest BCUT2D eigenvalue weighted by Gasteiger charge is 2.11. The Morgan fingerprint density at radius 3 is 2.64 bits per heavy atom. The topological polar surface area (TPSA) is 40.5 Å². The molecule has 1 aromatic carbocycles. The van der Waals surface area contributed by atoms with Crippen LogP contribution < -0.4 is 0 Å². The van der Waals surface area contributed by atoms with Gasteiger partial charge in [0.15, 0.2) is 0 Å². The second kappa shape index (κ2) is 4.91. The maximum absolute atomic E-state index is 10.8.